The highest BCUT2D eigenvalue weighted by Gasteiger charge is 2.27. The van der Waals surface area contributed by atoms with Crippen LogP contribution in [0.25, 0.3) is 0 Å². The fourth-order valence-corrected chi connectivity index (χ4v) is 2.54. The molecule has 2 aromatic rings. The van der Waals surface area contributed by atoms with Crippen molar-refractivity contribution >= 4 is 5.97 Å². The highest BCUT2D eigenvalue weighted by molar-refractivity contribution is 5.75. The van der Waals surface area contributed by atoms with Crippen molar-refractivity contribution in [2.24, 2.45) is 0 Å². The van der Waals surface area contributed by atoms with Crippen LogP contribution >= 0.6 is 0 Å². The number of rotatable bonds is 7. The van der Waals surface area contributed by atoms with Gasteiger partial charge >= 0.3 is 5.97 Å². The molecule has 1 aromatic carbocycles. The second-order valence-corrected chi connectivity index (χ2v) is 6.47. The second kappa shape index (κ2) is 7.45. The second-order valence-electron chi connectivity index (χ2n) is 6.47. The quantitative estimate of drug-likeness (QED) is 0.825. The third-order valence-electron chi connectivity index (χ3n) is 4.11. The number of aromatic nitrogens is 2. The summed E-state index contributed by atoms with van der Waals surface area (Å²) in [6, 6.07) is 8.48. The van der Waals surface area contributed by atoms with Gasteiger partial charge in [0.15, 0.2) is 5.82 Å². The normalized spacial score (nSPS) is 12.8. The van der Waals surface area contributed by atoms with Gasteiger partial charge < -0.3 is 9.63 Å². The molecule has 132 valence electrons. The fourth-order valence-electron chi connectivity index (χ4n) is 2.54. The average Bonchev–Trinajstić information content (AvgIpc) is 3.02. The first-order valence-corrected chi connectivity index (χ1v) is 8.04. The van der Waals surface area contributed by atoms with E-state index in [4.69, 9.17) is 4.52 Å². The van der Waals surface area contributed by atoms with E-state index in [-0.39, 0.29) is 6.54 Å². The summed E-state index contributed by atoms with van der Waals surface area (Å²) in [6.07, 6.45) is 0.634. The summed E-state index contributed by atoms with van der Waals surface area (Å²) in [6.45, 7) is 5.81. The summed E-state index contributed by atoms with van der Waals surface area (Å²) in [5.41, 5.74) is 0.854. The van der Waals surface area contributed by atoms with Crippen molar-refractivity contribution in [1.29, 1.82) is 5.26 Å². The van der Waals surface area contributed by atoms with E-state index in [0.717, 1.165) is 5.56 Å². The maximum atomic E-state index is 11.8. The Morgan fingerprint density at radius 2 is 2.04 bits per heavy atom. The van der Waals surface area contributed by atoms with Crippen LogP contribution in [0.4, 0.5) is 0 Å². The van der Waals surface area contributed by atoms with Crippen molar-refractivity contribution in [3.63, 3.8) is 0 Å². The molecule has 0 unspecified atom stereocenters. The lowest BCUT2D eigenvalue weighted by Gasteiger charge is -2.24. The molecule has 0 radical (unpaired) electrons. The lowest BCUT2D eigenvalue weighted by molar-refractivity contribution is -0.143. The van der Waals surface area contributed by atoms with Crippen LogP contribution < -0.4 is 0 Å². The minimum atomic E-state index is -0.964. The molecule has 1 atom stereocenters. The largest absolute Gasteiger partial charge is 0.480 e. The Balaban J connectivity index is 2.22. The van der Waals surface area contributed by atoms with E-state index in [2.05, 4.69) is 16.2 Å². The number of aryl methyl sites for hydroxylation is 1. The third-order valence-corrected chi connectivity index (χ3v) is 4.11. The van der Waals surface area contributed by atoms with Crippen molar-refractivity contribution in [1.82, 2.24) is 15.0 Å². The van der Waals surface area contributed by atoms with Gasteiger partial charge in [0, 0.05) is 6.42 Å². The van der Waals surface area contributed by atoms with E-state index in [1.807, 2.05) is 20.8 Å². The fraction of sp³-hybridized carbons (Fsp3) is 0.444. The first-order chi connectivity index (χ1) is 11.8. The molecule has 0 saturated heterocycles. The number of carbonyl (C=O) groups is 1. The molecule has 1 N–H and O–H groups in total. The molecule has 2 rings (SSSR count). The molecular weight excluding hydrogens is 320 g/mol. The van der Waals surface area contributed by atoms with Gasteiger partial charge in [0.25, 0.3) is 0 Å². The molecular formula is C18H22N4O3. The Morgan fingerprint density at radius 1 is 1.40 bits per heavy atom. The van der Waals surface area contributed by atoms with E-state index >= 15 is 0 Å². The van der Waals surface area contributed by atoms with E-state index in [9.17, 15) is 15.2 Å². The SMILES string of the molecule is CCc1nc(CN(C)[C@@H](C(=O)O)c2ccc(C(C)(C)C#N)cc2)no1. The summed E-state index contributed by atoms with van der Waals surface area (Å²) in [4.78, 5) is 17.6. The van der Waals surface area contributed by atoms with Gasteiger partial charge in [-0.05, 0) is 32.0 Å². The minimum Gasteiger partial charge on any atom is -0.480 e. The van der Waals surface area contributed by atoms with Crippen LogP contribution in [0.5, 0.6) is 0 Å². The highest BCUT2D eigenvalue weighted by Crippen LogP contribution is 2.26. The Labute approximate surface area is 146 Å². The molecule has 0 fully saturated rings. The topological polar surface area (TPSA) is 103 Å². The molecule has 1 aromatic heterocycles. The van der Waals surface area contributed by atoms with Crippen molar-refractivity contribution in [3.8, 4) is 6.07 Å². The van der Waals surface area contributed by atoms with Gasteiger partial charge in [0.1, 0.15) is 6.04 Å². The van der Waals surface area contributed by atoms with Gasteiger partial charge in [-0.15, -0.1) is 0 Å². The first kappa shape index (κ1) is 18.6. The van der Waals surface area contributed by atoms with Gasteiger partial charge in [-0.2, -0.15) is 10.2 Å². The number of aliphatic carboxylic acids is 1. The molecule has 0 spiro atoms. The van der Waals surface area contributed by atoms with E-state index in [1.54, 1.807) is 36.2 Å². The van der Waals surface area contributed by atoms with Crippen molar-refractivity contribution in [3.05, 3.63) is 47.1 Å². The summed E-state index contributed by atoms with van der Waals surface area (Å²) >= 11 is 0. The van der Waals surface area contributed by atoms with Gasteiger partial charge in [-0.1, -0.05) is 36.3 Å². The number of likely N-dealkylation sites (N-methyl/N-ethyl adjacent to an activating group) is 1. The predicted molar refractivity (Wildman–Crippen MR) is 90.6 cm³/mol. The molecule has 1 heterocycles. The van der Waals surface area contributed by atoms with Crippen molar-refractivity contribution in [2.75, 3.05) is 7.05 Å². The van der Waals surface area contributed by atoms with Crippen LogP contribution in [0.2, 0.25) is 0 Å². The molecule has 0 aliphatic rings. The van der Waals surface area contributed by atoms with E-state index in [1.165, 1.54) is 0 Å². The summed E-state index contributed by atoms with van der Waals surface area (Å²) in [7, 11) is 1.70. The zero-order valence-corrected chi connectivity index (χ0v) is 14.9. The standard InChI is InChI=1S/C18H22N4O3/c1-5-15-20-14(21-25-15)10-22(4)16(17(23)24)12-6-8-13(9-7-12)18(2,3)11-19/h6-9,16H,5,10H2,1-4H3,(H,23,24)/t16-/m1/s1. The summed E-state index contributed by atoms with van der Waals surface area (Å²) < 4.78 is 5.06. The predicted octanol–water partition coefficient (Wildman–Crippen LogP) is 2.69. The van der Waals surface area contributed by atoms with Gasteiger partial charge in [0.2, 0.25) is 5.89 Å². The smallest absolute Gasteiger partial charge is 0.325 e. The van der Waals surface area contributed by atoms with Gasteiger partial charge in [-0.3, -0.25) is 9.69 Å². The molecule has 7 nitrogen and oxygen atoms in total. The lowest BCUT2D eigenvalue weighted by Crippen LogP contribution is -2.31. The van der Waals surface area contributed by atoms with E-state index < -0.39 is 17.4 Å². The van der Waals surface area contributed by atoms with Crippen LogP contribution in [-0.4, -0.2) is 33.2 Å². The molecule has 0 aliphatic carbocycles. The summed E-state index contributed by atoms with van der Waals surface area (Å²) in [5, 5.41) is 22.7. The molecule has 7 heteroatoms. The van der Waals surface area contributed by atoms with Crippen LogP contribution in [0.3, 0.4) is 0 Å². The van der Waals surface area contributed by atoms with Crippen LogP contribution in [0.1, 0.15) is 49.7 Å². The van der Waals surface area contributed by atoms with Gasteiger partial charge in [0.05, 0.1) is 18.0 Å². The molecule has 0 bridgehead atoms. The van der Waals surface area contributed by atoms with Crippen molar-refractivity contribution in [2.45, 2.75) is 45.2 Å². The number of hydrogen-bond donors (Lipinski definition) is 1. The molecule has 25 heavy (non-hydrogen) atoms. The van der Waals surface area contributed by atoms with Crippen molar-refractivity contribution < 1.29 is 14.4 Å². The summed E-state index contributed by atoms with van der Waals surface area (Å²) in [5.74, 6) is 0.0141. The third kappa shape index (κ3) is 4.22. The van der Waals surface area contributed by atoms with Crippen LogP contribution in [0.15, 0.2) is 28.8 Å². The first-order valence-electron chi connectivity index (χ1n) is 8.04. The molecule has 0 saturated carbocycles. The highest BCUT2D eigenvalue weighted by atomic mass is 16.5. The maximum Gasteiger partial charge on any atom is 0.325 e. The number of carboxylic acid groups (broad SMARTS) is 1. The maximum absolute atomic E-state index is 11.8. The number of benzene rings is 1. The van der Waals surface area contributed by atoms with Crippen LogP contribution in [-0.2, 0) is 23.2 Å². The Morgan fingerprint density at radius 3 is 2.52 bits per heavy atom. The minimum absolute atomic E-state index is 0.256. The Kier molecular flexibility index (Phi) is 5.55. The number of nitriles is 1. The lowest BCUT2D eigenvalue weighted by atomic mass is 9.85. The molecule has 0 amide bonds. The zero-order valence-electron chi connectivity index (χ0n) is 14.9. The average molecular weight is 342 g/mol. The zero-order chi connectivity index (χ0) is 18.6. The Hall–Kier alpha value is -2.72. The monoisotopic (exact) mass is 342 g/mol. The van der Waals surface area contributed by atoms with Crippen LogP contribution in [0, 0.1) is 11.3 Å². The number of hydrogen-bond acceptors (Lipinski definition) is 6. The van der Waals surface area contributed by atoms with Gasteiger partial charge in [-0.25, -0.2) is 0 Å². The number of carboxylic acids is 1. The Bertz CT molecular complexity index is 774. The number of nitrogens with zero attached hydrogens (tertiary/aromatic N) is 4. The van der Waals surface area contributed by atoms with E-state index in [0.29, 0.717) is 23.7 Å². The molecule has 0 aliphatic heterocycles.